The van der Waals surface area contributed by atoms with E-state index in [2.05, 4.69) is 44.0 Å². The maximum atomic E-state index is 10.3. The molecule has 0 bridgehead atoms. The minimum absolute atomic E-state index is 0.164. The number of phenolic OH excluding ortho intramolecular Hbond substituents is 1. The Bertz CT molecular complexity index is 406. The highest BCUT2D eigenvalue weighted by Gasteiger charge is 2.15. The first kappa shape index (κ1) is 16.8. The van der Waals surface area contributed by atoms with Gasteiger partial charge in [0.2, 0.25) is 0 Å². The van der Waals surface area contributed by atoms with E-state index in [1.165, 1.54) is 12.8 Å². The summed E-state index contributed by atoms with van der Waals surface area (Å²) in [5, 5.41) is 13.4. The summed E-state index contributed by atoms with van der Waals surface area (Å²) >= 11 is 0. The number of aromatic hydroxyl groups is 1. The molecule has 0 radical (unpaired) electrons. The van der Waals surface area contributed by atoms with Crippen molar-refractivity contribution in [3.05, 3.63) is 23.8 Å². The monoisotopic (exact) mass is 278 g/mol. The third-order valence-electron chi connectivity index (χ3n) is 4.12. The van der Waals surface area contributed by atoms with Crippen LogP contribution in [-0.4, -0.2) is 24.7 Å². The van der Waals surface area contributed by atoms with Gasteiger partial charge in [-0.2, -0.15) is 0 Å². The second-order valence-corrected chi connectivity index (χ2v) is 5.56. The molecule has 2 N–H and O–H groups in total. The maximum Gasteiger partial charge on any atom is 0.122 e. The third-order valence-corrected chi connectivity index (χ3v) is 4.12. The van der Waals surface area contributed by atoms with Crippen LogP contribution in [0.25, 0.3) is 0 Å². The summed E-state index contributed by atoms with van der Waals surface area (Å²) in [6, 6.07) is 6.73. The molecule has 2 unspecified atom stereocenters. The lowest BCUT2D eigenvalue weighted by Crippen LogP contribution is -2.33. The van der Waals surface area contributed by atoms with Crippen LogP contribution in [0.15, 0.2) is 18.2 Å². The van der Waals surface area contributed by atoms with Gasteiger partial charge in [0.25, 0.3) is 0 Å². The molecule has 0 heterocycles. The Morgan fingerprint density at radius 1 is 1.25 bits per heavy atom. The largest absolute Gasteiger partial charge is 0.508 e. The van der Waals surface area contributed by atoms with Crippen LogP contribution in [0.1, 0.15) is 58.6 Å². The van der Waals surface area contributed by atoms with E-state index >= 15 is 0 Å². The Kier molecular flexibility index (Phi) is 6.86. The summed E-state index contributed by atoms with van der Waals surface area (Å²) < 4.78 is 0. The van der Waals surface area contributed by atoms with E-state index in [0.29, 0.717) is 11.8 Å². The molecule has 1 aromatic carbocycles. The molecule has 0 saturated heterocycles. The molecule has 3 heteroatoms. The molecule has 2 atom stereocenters. The Hall–Kier alpha value is -1.22. The number of hydrogen-bond acceptors (Lipinski definition) is 3. The van der Waals surface area contributed by atoms with E-state index in [1.54, 1.807) is 0 Å². The number of phenols is 1. The minimum Gasteiger partial charge on any atom is -0.508 e. The number of nitrogens with zero attached hydrogens (tertiary/aromatic N) is 1. The maximum absolute atomic E-state index is 10.3. The lowest BCUT2D eigenvalue weighted by Gasteiger charge is -2.31. The third kappa shape index (κ3) is 4.14. The molecule has 0 aliphatic heterocycles. The number of rotatable bonds is 8. The molecule has 1 aromatic rings. The normalized spacial score (nSPS) is 14.1. The van der Waals surface area contributed by atoms with Gasteiger partial charge in [0, 0.05) is 35.9 Å². The number of unbranched alkanes of at least 4 members (excludes halogenated alkanes) is 1. The molecular formula is C17H30N2O. The van der Waals surface area contributed by atoms with Crippen LogP contribution in [0.2, 0.25) is 0 Å². The van der Waals surface area contributed by atoms with Gasteiger partial charge in [0.15, 0.2) is 0 Å². The zero-order valence-corrected chi connectivity index (χ0v) is 13.6. The zero-order valence-electron chi connectivity index (χ0n) is 13.6. The highest BCUT2D eigenvalue weighted by molar-refractivity contribution is 5.54. The first-order valence-electron chi connectivity index (χ1n) is 7.81. The molecule has 3 nitrogen and oxygen atoms in total. The average Bonchev–Trinajstić information content (AvgIpc) is 2.46. The van der Waals surface area contributed by atoms with Gasteiger partial charge in [-0.25, -0.2) is 0 Å². The van der Waals surface area contributed by atoms with Crippen molar-refractivity contribution in [1.82, 2.24) is 5.32 Å². The number of benzene rings is 1. The van der Waals surface area contributed by atoms with E-state index in [1.807, 2.05) is 19.2 Å². The van der Waals surface area contributed by atoms with E-state index < -0.39 is 0 Å². The zero-order chi connectivity index (χ0) is 15.1. The predicted octanol–water partition coefficient (Wildman–Crippen LogP) is 4.08. The fraction of sp³-hybridized carbons (Fsp3) is 0.647. The first-order valence-corrected chi connectivity index (χ1v) is 7.81. The summed E-state index contributed by atoms with van der Waals surface area (Å²) in [6.45, 7) is 9.77. The van der Waals surface area contributed by atoms with Crippen LogP contribution in [0.5, 0.6) is 5.75 Å². The van der Waals surface area contributed by atoms with Gasteiger partial charge in [-0.05, 0) is 39.8 Å². The summed E-state index contributed by atoms with van der Waals surface area (Å²) in [5.41, 5.74) is 2.08. The second-order valence-electron chi connectivity index (χ2n) is 5.56. The Balaban J connectivity index is 2.99. The van der Waals surface area contributed by atoms with Crippen LogP contribution in [0, 0.1) is 0 Å². The molecule has 1 rings (SSSR count). The predicted molar refractivity (Wildman–Crippen MR) is 87.6 cm³/mol. The number of hydrogen-bond donors (Lipinski definition) is 2. The number of nitrogens with one attached hydrogen (secondary N) is 1. The van der Waals surface area contributed by atoms with Crippen molar-refractivity contribution in [3.8, 4) is 5.75 Å². The smallest absolute Gasteiger partial charge is 0.122 e. The van der Waals surface area contributed by atoms with Crippen molar-refractivity contribution in [1.29, 1.82) is 0 Å². The summed E-state index contributed by atoms with van der Waals surface area (Å²) in [7, 11) is 1.91. The molecule has 0 amide bonds. The van der Waals surface area contributed by atoms with Gasteiger partial charge in [-0.15, -0.1) is 0 Å². The quantitative estimate of drug-likeness (QED) is 0.752. The molecule has 0 aromatic heterocycles. The van der Waals surface area contributed by atoms with Crippen LogP contribution in [0.3, 0.4) is 0 Å². The number of anilines is 1. The van der Waals surface area contributed by atoms with Crippen molar-refractivity contribution in [2.24, 2.45) is 0 Å². The van der Waals surface area contributed by atoms with Gasteiger partial charge < -0.3 is 15.3 Å². The lowest BCUT2D eigenvalue weighted by molar-refractivity contribution is 0.457. The molecule has 0 aliphatic carbocycles. The fourth-order valence-corrected chi connectivity index (χ4v) is 2.39. The minimum atomic E-state index is 0.164. The summed E-state index contributed by atoms with van der Waals surface area (Å²) in [6.07, 6.45) is 3.48. The van der Waals surface area contributed by atoms with Crippen molar-refractivity contribution in [2.75, 3.05) is 18.5 Å². The van der Waals surface area contributed by atoms with Crippen LogP contribution in [0.4, 0.5) is 5.69 Å². The molecule has 0 fully saturated rings. The van der Waals surface area contributed by atoms with E-state index in [9.17, 15) is 5.11 Å². The second kappa shape index (κ2) is 8.15. The Morgan fingerprint density at radius 3 is 2.45 bits per heavy atom. The van der Waals surface area contributed by atoms with E-state index in [4.69, 9.17) is 0 Å². The summed E-state index contributed by atoms with van der Waals surface area (Å²) in [5.74, 6) is 0.383. The molecule has 0 saturated carbocycles. The highest BCUT2D eigenvalue weighted by atomic mass is 16.3. The molecular weight excluding hydrogens is 248 g/mol. The van der Waals surface area contributed by atoms with Crippen LogP contribution in [-0.2, 0) is 0 Å². The average molecular weight is 278 g/mol. The van der Waals surface area contributed by atoms with Crippen molar-refractivity contribution < 1.29 is 5.11 Å². The Labute approximate surface area is 124 Å². The molecule has 0 aliphatic rings. The molecule has 0 spiro atoms. The highest BCUT2D eigenvalue weighted by Crippen LogP contribution is 2.30. The van der Waals surface area contributed by atoms with Crippen molar-refractivity contribution >= 4 is 5.69 Å². The van der Waals surface area contributed by atoms with Gasteiger partial charge in [-0.1, -0.05) is 26.3 Å². The van der Waals surface area contributed by atoms with E-state index in [-0.39, 0.29) is 6.04 Å². The molecule has 114 valence electrons. The van der Waals surface area contributed by atoms with Crippen LogP contribution >= 0.6 is 0 Å². The summed E-state index contributed by atoms with van der Waals surface area (Å²) in [4.78, 5) is 2.40. The van der Waals surface area contributed by atoms with Gasteiger partial charge in [0.1, 0.15) is 5.75 Å². The van der Waals surface area contributed by atoms with Gasteiger partial charge in [-0.3, -0.25) is 0 Å². The van der Waals surface area contributed by atoms with Gasteiger partial charge in [0.05, 0.1) is 0 Å². The standard InChI is InChI=1S/C17H30N2O/c1-6-8-11-19(13(3)7-2)15-9-10-16(14(4)18-5)17(20)12-15/h9-10,12-14,18,20H,6-8,11H2,1-5H3. The van der Waals surface area contributed by atoms with E-state index in [0.717, 1.165) is 24.2 Å². The van der Waals surface area contributed by atoms with Crippen molar-refractivity contribution in [2.45, 2.75) is 59.0 Å². The van der Waals surface area contributed by atoms with Crippen LogP contribution < -0.4 is 10.2 Å². The topological polar surface area (TPSA) is 35.5 Å². The van der Waals surface area contributed by atoms with Crippen molar-refractivity contribution in [3.63, 3.8) is 0 Å². The fourth-order valence-electron chi connectivity index (χ4n) is 2.39. The SMILES string of the molecule is CCCCN(c1ccc(C(C)NC)c(O)c1)C(C)CC. The first-order chi connectivity index (χ1) is 9.54. The molecule has 20 heavy (non-hydrogen) atoms. The lowest BCUT2D eigenvalue weighted by atomic mass is 10.1. The van der Waals surface area contributed by atoms with Gasteiger partial charge >= 0.3 is 0 Å². The Morgan fingerprint density at radius 2 is 1.95 bits per heavy atom.